The first-order chi connectivity index (χ1) is 11.5. The van der Waals surface area contributed by atoms with Crippen molar-refractivity contribution in [3.63, 3.8) is 0 Å². The topological polar surface area (TPSA) is 59.0 Å². The van der Waals surface area contributed by atoms with Crippen LogP contribution in [0.15, 0.2) is 12.1 Å². The highest BCUT2D eigenvalue weighted by Crippen LogP contribution is 2.37. The third-order valence-electron chi connectivity index (χ3n) is 5.43. The standard InChI is InChI=1S/C17H22BF2NO4/c1-16(2)17(3,4)25-18(24-16)13-8-11(14(19)20)7-10-5-6-21(15(22)23)9-12(10)13/h7-8,14H,5-6,9H2,1-4H3,(H,22,23). The summed E-state index contributed by atoms with van der Waals surface area (Å²) in [5.41, 5.74) is 0.639. The van der Waals surface area contributed by atoms with E-state index in [4.69, 9.17) is 9.31 Å². The first-order valence-electron chi connectivity index (χ1n) is 8.29. The minimum Gasteiger partial charge on any atom is -0.465 e. The minimum absolute atomic E-state index is 0.0905. The van der Waals surface area contributed by atoms with Crippen LogP contribution < -0.4 is 5.46 Å². The number of rotatable bonds is 2. The van der Waals surface area contributed by atoms with Gasteiger partial charge in [0.25, 0.3) is 6.43 Å². The van der Waals surface area contributed by atoms with Gasteiger partial charge in [-0.25, -0.2) is 13.6 Å². The Kier molecular flexibility index (Phi) is 4.32. The molecule has 3 rings (SSSR count). The smallest absolute Gasteiger partial charge is 0.465 e. The van der Waals surface area contributed by atoms with Gasteiger partial charge >= 0.3 is 13.2 Å². The van der Waals surface area contributed by atoms with Crippen molar-refractivity contribution in [2.45, 2.75) is 58.3 Å². The van der Waals surface area contributed by atoms with Crippen LogP contribution >= 0.6 is 0 Å². The molecule has 8 heteroatoms. The lowest BCUT2D eigenvalue weighted by atomic mass is 9.72. The maximum atomic E-state index is 13.3. The third-order valence-corrected chi connectivity index (χ3v) is 5.43. The molecule has 1 amide bonds. The molecule has 136 valence electrons. The summed E-state index contributed by atoms with van der Waals surface area (Å²) in [6.07, 6.45) is -3.23. The average molecular weight is 353 g/mol. The molecule has 2 heterocycles. The van der Waals surface area contributed by atoms with Crippen LogP contribution in [0.25, 0.3) is 0 Å². The highest BCUT2D eigenvalue weighted by Gasteiger charge is 2.52. The summed E-state index contributed by atoms with van der Waals surface area (Å²) in [5, 5.41) is 9.27. The number of hydrogen-bond donors (Lipinski definition) is 1. The van der Waals surface area contributed by atoms with Crippen LogP contribution in [0.4, 0.5) is 13.6 Å². The Morgan fingerprint density at radius 3 is 2.36 bits per heavy atom. The van der Waals surface area contributed by atoms with E-state index in [1.165, 1.54) is 17.0 Å². The lowest BCUT2D eigenvalue weighted by molar-refractivity contribution is 0.00578. The Hall–Kier alpha value is -1.67. The van der Waals surface area contributed by atoms with Crippen molar-refractivity contribution in [2.24, 2.45) is 0 Å². The highest BCUT2D eigenvalue weighted by molar-refractivity contribution is 6.62. The van der Waals surface area contributed by atoms with Gasteiger partial charge in [-0.05, 0) is 56.8 Å². The van der Waals surface area contributed by atoms with Crippen molar-refractivity contribution in [1.29, 1.82) is 0 Å². The molecule has 2 aliphatic heterocycles. The Morgan fingerprint density at radius 2 is 1.84 bits per heavy atom. The van der Waals surface area contributed by atoms with Gasteiger partial charge in [-0.15, -0.1) is 0 Å². The van der Waals surface area contributed by atoms with Crippen molar-refractivity contribution in [2.75, 3.05) is 6.54 Å². The summed E-state index contributed by atoms with van der Waals surface area (Å²) < 4.78 is 38.7. The lowest BCUT2D eigenvalue weighted by Gasteiger charge is -2.32. The molecule has 0 saturated carbocycles. The van der Waals surface area contributed by atoms with Gasteiger partial charge < -0.3 is 19.3 Å². The van der Waals surface area contributed by atoms with E-state index < -0.39 is 30.8 Å². The van der Waals surface area contributed by atoms with Crippen molar-refractivity contribution in [1.82, 2.24) is 4.90 Å². The first-order valence-corrected chi connectivity index (χ1v) is 8.29. The molecular weight excluding hydrogens is 331 g/mol. The molecule has 1 fully saturated rings. The van der Waals surface area contributed by atoms with Gasteiger partial charge in [0, 0.05) is 18.7 Å². The molecular formula is C17H22BF2NO4. The van der Waals surface area contributed by atoms with Crippen LogP contribution in [0.5, 0.6) is 0 Å². The zero-order valence-corrected chi connectivity index (χ0v) is 14.8. The third kappa shape index (κ3) is 3.13. The molecule has 1 aromatic rings. The fraction of sp³-hybridized carbons (Fsp3) is 0.588. The molecule has 0 bridgehead atoms. The second kappa shape index (κ2) is 5.95. The number of fused-ring (bicyclic) bond motifs is 1. The van der Waals surface area contributed by atoms with E-state index in [0.29, 0.717) is 17.4 Å². The molecule has 5 nitrogen and oxygen atoms in total. The predicted molar refractivity (Wildman–Crippen MR) is 89.3 cm³/mol. The monoisotopic (exact) mass is 353 g/mol. The van der Waals surface area contributed by atoms with Gasteiger partial charge in [-0.3, -0.25) is 0 Å². The number of benzene rings is 1. The number of carboxylic acid groups (broad SMARTS) is 1. The normalized spacial score (nSPS) is 21.6. The van der Waals surface area contributed by atoms with E-state index in [-0.39, 0.29) is 18.7 Å². The number of carbonyl (C=O) groups is 1. The van der Waals surface area contributed by atoms with E-state index in [0.717, 1.165) is 5.56 Å². The molecule has 25 heavy (non-hydrogen) atoms. The van der Waals surface area contributed by atoms with Gasteiger partial charge in [0.05, 0.1) is 11.2 Å². The largest absolute Gasteiger partial charge is 0.495 e. The van der Waals surface area contributed by atoms with Gasteiger partial charge in [-0.1, -0.05) is 6.07 Å². The Balaban J connectivity index is 2.06. The Labute approximate surface area is 146 Å². The molecule has 1 saturated heterocycles. The van der Waals surface area contributed by atoms with Crippen LogP contribution in [0.3, 0.4) is 0 Å². The predicted octanol–water partition coefficient (Wildman–Crippen LogP) is 2.96. The molecule has 0 aromatic heterocycles. The van der Waals surface area contributed by atoms with Gasteiger partial charge in [0.15, 0.2) is 0 Å². The fourth-order valence-electron chi connectivity index (χ4n) is 3.19. The zero-order chi connectivity index (χ0) is 18.6. The first kappa shape index (κ1) is 18.1. The summed E-state index contributed by atoms with van der Waals surface area (Å²) in [5.74, 6) is 0. The molecule has 0 radical (unpaired) electrons. The fourth-order valence-corrected chi connectivity index (χ4v) is 3.19. The van der Waals surface area contributed by atoms with Gasteiger partial charge in [-0.2, -0.15) is 0 Å². The maximum Gasteiger partial charge on any atom is 0.495 e. The number of alkyl halides is 2. The van der Waals surface area contributed by atoms with Crippen molar-refractivity contribution < 1.29 is 28.0 Å². The molecule has 0 aliphatic carbocycles. The molecule has 1 N–H and O–H groups in total. The summed E-state index contributed by atoms with van der Waals surface area (Å²) in [6.45, 7) is 7.99. The zero-order valence-electron chi connectivity index (χ0n) is 14.8. The summed E-state index contributed by atoms with van der Waals surface area (Å²) >= 11 is 0. The number of amides is 1. The number of nitrogens with zero attached hydrogens (tertiary/aromatic N) is 1. The molecule has 0 spiro atoms. The minimum atomic E-state index is -2.61. The van der Waals surface area contributed by atoms with E-state index >= 15 is 0 Å². The van der Waals surface area contributed by atoms with Crippen molar-refractivity contribution in [3.8, 4) is 0 Å². The van der Waals surface area contributed by atoms with Crippen LogP contribution in [0, 0.1) is 0 Å². The lowest BCUT2D eigenvalue weighted by Crippen LogP contribution is -2.43. The van der Waals surface area contributed by atoms with Crippen molar-refractivity contribution in [3.05, 3.63) is 28.8 Å². The van der Waals surface area contributed by atoms with Crippen LogP contribution in [0.1, 0.15) is 50.8 Å². The van der Waals surface area contributed by atoms with E-state index in [1.54, 1.807) is 0 Å². The number of hydrogen-bond acceptors (Lipinski definition) is 3. The van der Waals surface area contributed by atoms with Gasteiger partial charge in [0.1, 0.15) is 0 Å². The maximum absolute atomic E-state index is 13.3. The van der Waals surface area contributed by atoms with Gasteiger partial charge in [0.2, 0.25) is 0 Å². The summed E-state index contributed by atoms with van der Waals surface area (Å²) in [4.78, 5) is 12.6. The molecule has 1 aromatic carbocycles. The molecule has 0 atom stereocenters. The second-order valence-electron chi connectivity index (χ2n) is 7.59. The van der Waals surface area contributed by atoms with E-state index in [1.807, 2.05) is 27.7 Å². The highest BCUT2D eigenvalue weighted by atomic mass is 19.3. The van der Waals surface area contributed by atoms with Crippen LogP contribution in [-0.4, -0.2) is 41.0 Å². The molecule has 2 aliphatic rings. The van der Waals surface area contributed by atoms with Crippen molar-refractivity contribution >= 4 is 18.7 Å². The van der Waals surface area contributed by atoms with Crippen LogP contribution in [0.2, 0.25) is 0 Å². The van der Waals surface area contributed by atoms with Crippen LogP contribution in [-0.2, 0) is 22.3 Å². The second-order valence-corrected chi connectivity index (χ2v) is 7.59. The SMILES string of the molecule is CC1(C)OB(c2cc(C(F)F)cc3c2CN(C(=O)O)CC3)OC1(C)C. The Bertz CT molecular complexity index is 692. The van der Waals surface area contributed by atoms with E-state index in [9.17, 15) is 18.7 Å². The summed E-state index contributed by atoms with van der Waals surface area (Å²) in [7, 11) is -0.800. The van der Waals surface area contributed by atoms with E-state index in [2.05, 4.69) is 0 Å². The number of halogens is 2. The summed E-state index contributed by atoms with van der Waals surface area (Å²) in [6, 6.07) is 2.85. The quantitative estimate of drug-likeness (QED) is 0.831. The Morgan fingerprint density at radius 1 is 1.24 bits per heavy atom. The average Bonchev–Trinajstić information content (AvgIpc) is 2.73. The molecule has 0 unspecified atom stereocenters.